The molecule has 2 aromatic carbocycles. The molecule has 3 aromatic rings. The van der Waals surface area contributed by atoms with Gasteiger partial charge in [-0.2, -0.15) is 13.2 Å². The molecule has 0 saturated carbocycles. The van der Waals surface area contributed by atoms with E-state index < -0.39 is 22.5 Å². The Hall–Kier alpha value is -2.43. The second-order valence-corrected chi connectivity index (χ2v) is 10.1. The fourth-order valence-electron chi connectivity index (χ4n) is 3.96. The van der Waals surface area contributed by atoms with E-state index in [0.717, 1.165) is 42.8 Å². The molecule has 1 fully saturated rings. The Kier molecular flexibility index (Phi) is 7.06. The molecule has 176 valence electrons. The van der Waals surface area contributed by atoms with Gasteiger partial charge in [-0.05, 0) is 53.4 Å². The van der Waals surface area contributed by atoms with Gasteiger partial charge in [-0.1, -0.05) is 30.3 Å². The Morgan fingerprint density at radius 3 is 2.45 bits per heavy atom. The van der Waals surface area contributed by atoms with E-state index in [9.17, 15) is 17.7 Å². The van der Waals surface area contributed by atoms with Crippen molar-refractivity contribution in [3.05, 3.63) is 84.2 Å². The molecule has 5 nitrogen and oxygen atoms in total. The van der Waals surface area contributed by atoms with Gasteiger partial charge in [0.05, 0.1) is 17.6 Å². The van der Waals surface area contributed by atoms with Crippen molar-refractivity contribution in [2.24, 2.45) is 0 Å². The van der Waals surface area contributed by atoms with Gasteiger partial charge in [-0.15, -0.1) is 10.8 Å². The number of hydrogen-bond donors (Lipinski definition) is 2. The van der Waals surface area contributed by atoms with Gasteiger partial charge in [0.2, 0.25) is 0 Å². The average molecular weight is 478 g/mol. The lowest BCUT2D eigenvalue weighted by Crippen LogP contribution is -2.35. The third-order valence-corrected chi connectivity index (χ3v) is 7.72. The van der Waals surface area contributed by atoms with Crippen molar-refractivity contribution in [3.8, 4) is 11.1 Å². The Morgan fingerprint density at radius 1 is 1.09 bits per heavy atom. The first-order valence-electron chi connectivity index (χ1n) is 10.5. The van der Waals surface area contributed by atoms with Crippen LogP contribution >= 0.6 is 10.8 Å². The molecule has 1 saturated heterocycles. The summed E-state index contributed by atoms with van der Waals surface area (Å²) < 4.78 is 58.7. The van der Waals surface area contributed by atoms with Gasteiger partial charge in [0.25, 0.3) is 0 Å². The van der Waals surface area contributed by atoms with Crippen LogP contribution in [0.2, 0.25) is 0 Å². The van der Waals surface area contributed by atoms with Crippen molar-refractivity contribution in [1.82, 2.24) is 14.6 Å². The standard InChI is InChI=1S/C24H26F3N3O2S/c1-32-33(31,23-4-2-3-21(15-23)24(25,26)27)29-22-11-14-30(17-22)16-18-5-7-19(8-6-18)20-9-12-28-13-10-20/h2-10,12-13,15,22,29,31H,11,14,16-17H2,1H3. The molecule has 0 bridgehead atoms. The molecule has 1 aliphatic heterocycles. The van der Waals surface area contributed by atoms with Crippen molar-refractivity contribution >= 4 is 10.8 Å². The number of pyridine rings is 1. The Balaban J connectivity index is 1.38. The molecule has 0 amide bonds. The summed E-state index contributed by atoms with van der Waals surface area (Å²) in [6, 6.07) is 16.9. The van der Waals surface area contributed by atoms with Gasteiger partial charge >= 0.3 is 6.18 Å². The predicted molar refractivity (Wildman–Crippen MR) is 123 cm³/mol. The van der Waals surface area contributed by atoms with E-state index in [1.807, 2.05) is 12.1 Å². The zero-order chi connectivity index (χ0) is 23.5. The van der Waals surface area contributed by atoms with E-state index in [1.54, 1.807) is 12.4 Å². The highest BCUT2D eigenvalue weighted by Gasteiger charge is 2.33. The van der Waals surface area contributed by atoms with Gasteiger partial charge in [0, 0.05) is 38.1 Å². The van der Waals surface area contributed by atoms with Crippen LogP contribution < -0.4 is 4.72 Å². The maximum absolute atomic E-state index is 13.1. The molecule has 2 atom stereocenters. The van der Waals surface area contributed by atoms with Gasteiger partial charge in [-0.25, -0.2) is 4.72 Å². The molecule has 2 N–H and O–H groups in total. The van der Waals surface area contributed by atoms with Crippen LogP contribution in [-0.2, 0) is 16.9 Å². The minimum Gasteiger partial charge on any atom is -0.297 e. The fraction of sp³-hybridized carbons (Fsp3) is 0.292. The van der Waals surface area contributed by atoms with Crippen molar-refractivity contribution in [1.29, 1.82) is 0 Å². The molecule has 2 unspecified atom stereocenters. The lowest BCUT2D eigenvalue weighted by Gasteiger charge is -2.39. The molecule has 4 rings (SSSR count). The largest absolute Gasteiger partial charge is 0.416 e. The lowest BCUT2D eigenvalue weighted by atomic mass is 10.1. The van der Waals surface area contributed by atoms with Gasteiger partial charge in [0.1, 0.15) is 0 Å². The number of likely N-dealkylation sites (tertiary alicyclic amines) is 1. The fourth-order valence-corrected chi connectivity index (χ4v) is 5.58. The quantitative estimate of drug-likeness (QED) is 0.454. The number of hydrogen-bond acceptors (Lipinski definition) is 5. The smallest absolute Gasteiger partial charge is 0.297 e. The maximum Gasteiger partial charge on any atom is 0.416 e. The second-order valence-electron chi connectivity index (χ2n) is 7.99. The Bertz CT molecular complexity index is 1070. The first kappa shape index (κ1) is 23.7. The summed E-state index contributed by atoms with van der Waals surface area (Å²) in [7, 11) is -1.73. The number of aromatic nitrogens is 1. The summed E-state index contributed by atoms with van der Waals surface area (Å²) in [5.41, 5.74) is 2.59. The molecular weight excluding hydrogens is 451 g/mol. The highest BCUT2D eigenvalue weighted by molar-refractivity contribution is 8.23. The number of halogens is 3. The Morgan fingerprint density at radius 2 is 1.79 bits per heavy atom. The normalized spacial score (nSPS) is 19.8. The van der Waals surface area contributed by atoms with Gasteiger partial charge in [-0.3, -0.25) is 18.6 Å². The number of nitrogens with zero attached hydrogens (tertiary/aromatic N) is 2. The second kappa shape index (κ2) is 9.82. The summed E-state index contributed by atoms with van der Waals surface area (Å²) in [6.07, 6.45) is -0.194. The number of alkyl halides is 3. The van der Waals surface area contributed by atoms with Gasteiger partial charge in [0.15, 0.2) is 0 Å². The van der Waals surface area contributed by atoms with E-state index >= 15 is 0 Å². The van der Waals surface area contributed by atoms with Crippen molar-refractivity contribution in [2.75, 3.05) is 20.2 Å². The molecular formula is C24H26F3N3O2S. The van der Waals surface area contributed by atoms with Crippen LogP contribution in [0.4, 0.5) is 13.2 Å². The Labute approximate surface area is 193 Å². The summed E-state index contributed by atoms with van der Waals surface area (Å²) in [4.78, 5) is 6.39. The molecule has 0 aliphatic carbocycles. The molecule has 0 radical (unpaired) electrons. The minimum atomic E-state index is -4.48. The maximum atomic E-state index is 13.1. The topological polar surface area (TPSA) is 57.6 Å². The molecule has 0 spiro atoms. The van der Waals surface area contributed by atoms with E-state index in [2.05, 4.69) is 38.9 Å². The van der Waals surface area contributed by atoms with Crippen LogP contribution in [-0.4, -0.2) is 40.7 Å². The summed E-state index contributed by atoms with van der Waals surface area (Å²) in [6.45, 7) is 2.22. The predicted octanol–water partition coefficient (Wildman–Crippen LogP) is 5.74. The first-order valence-corrected chi connectivity index (χ1v) is 12.1. The van der Waals surface area contributed by atoms with Crippen LogP contribution in [0.25, 0.3) is 11.1 Å². The van der Waals surface area contributed by atoms with Crippen molar-refractivity contribution in [3.63, 3.8) is 0 Å². The van der Waals surface area contributed by atoms with Crippen molar-refractivity contribution in [2.45, 2.75) is 30.1 Å². The third-order valence-electron chi connectivity index (χ3n) is 5.69. The van der Waals surface area contributed by atoms with E-state index in [0.29, 0.717) is 6.54 Å². The van der Waals surface area contributed by atoms with Crippen LogP contribution in [0.5, 0.6) is 0 Å². The number of rotatable bonds is 7. The number of benzene rings is 2. The molecule has 1 aliphatic rings. The zero-order valence-electron chi connectivity index (χ0n) is 18.1. The highest BCUT2D eigenvalue weighted by atomic mass is 32.3. The zero-order valence-corrected chi connectivity index (χ0v) is 18.9. The summed E-state index contributed by atoms with van der Waals surface area (Å²) in [5, 5.41) is 0. The van der Waals surface area contributed by atoms with Crippen molar-refractivity contribution < 1.29 is 21.9 Å². The monoisotopic (exact) mass is 477 g/mol. The molecule has 9 heteroatoms. The third kappa shape index (κ3) is 5.74. The van der Waals surface area contributed by atoms with Crippen LogP contribution in [0.15, 0.2) is 78.0 Å². The molecule has 1 aromatic heterocycles. The molecule has 33 heavy (non-hydrogen) atoms. The first-order chi connectivity index (χ1) is 15.8. The van der Waals surface area contributed by atoms with E-state index in [4.69, 9.17) is 4.18 Å². The SMILES string of the molecule is COS(O)(NC1CCN(Cc2ccc(-c3ccncc3)cc2)C1)c1cccc(C(F)(F)F)c1. The van der Waals surface area contributed by atoms with Crippen LogP contribution in [0.1, 0.15) is 17.5 Å². The average Bonchev–Trinajstić information content (AvgIpc) is 3.26. The highest BCUT2D eigenvalue weighted by Crippen LogP contribution is 2.50. The summed E-state index contributed by atoms with van der Waals surface area (Å²) >= 11 is 0. The summed E-state index contributed by atoms with van der Waals surface area (Å²) in [5.74, 6) is 0. The lowest BCUT2D eigenvalue weighted by molar-refractivity contribution is -0.137. The van der Waals surface area contributed by atoms with Crippen LogP contribution in [0.3, 0.4) is 0 Å². The van der Waals surface area contributed by atoms with Gasteiger partial charge < -0.3 is 0 Å². The van der Waals surface area contributed by atoms with E-state index in [-0.39, 0.29) is 10.9 Å². The number of nitrogens with one attached hydrogen (secondary N) is 1. The minimum absolute atomic E-state index is 0.101. The molecule has 2 heterocycles. The van der Waals surface area contributed by atoms with Crippen LogP contribution in [0, 0.1) is 0 Å². The van der Waals surface area contributed by atoms with E-state index in [1.165, 1.54) is 24.8 Å².